The molecule has 0 radical (unpaired) electrons. The van der Waals surface area contributed by atoms with E-state index in [0.29, 0.717) is 18.8 Å². The fraction of sp³-hybridized carbons (Fsp3) is 0.467. The molecule has 0 saturated carbocycles. The monoisotopic (exact) mass is 248 g/mol. The lowest BCUT2D eigenvalue weighted by Crippen LogP contribution is -1.99. The second kappa shape index (κ2) is 6.03. The van der Waals surface area contributed by atoms with Crippen LogP contribution < -0.4 is 0 Å². The van der Waals surface area contributed by atoms with Gasteiger partial charge in [-0.05, 0) is 44.9 Å². The van der Waals surface area contributed by atoms with Crippen LogP contribution >= 0.6 is 0 Å². The molecule has 0 spiro atoms. The summed E-state index contributed by atoms with van der Waals surface area (Å²) in [6.45, 7) is 5.43. The Hall–Kier alpha value is -1.32. The molecular weight excluding hydrogens is 228 g/mol. The van der Waals surface area contributed by atoms with Gasteiger partial charge in [-0.1, -0.05) is 11.6 Å². The smallest absolute Gasteiger partial charge is 0.134 e. The van der Waals surface area contributed by atoms with Crippen LogP contribution in [0.5, 0.6) is 0 Å². The van der Waals surface area contributed by atoms with Crippen molar-refractivity contribution in [3.63, 3.8) is 0 Å². The molecule has 1 N–H and O–H groups in total. The lowest BCUT2D eigenvalue weighted by molar-refractivity contribution is 0.104. The van der Waals surface area contributed by atoms with E-state index >= 15 is 0 Å². The Bertz CT molecular complexity index is 501. The quantitative estimate of drug-likeness (QED) is 0.794. The minimum Gasteiger partial charge on any atom is -0.458 e. The van der Waals surface area contributed by atoms with Crippen molar-refractivity contribution >= 4 is 11.0 Å². The Balaban J connectivity index is 2.01. The molecule has 0 amide bonds. The largest absolute Gasteiger partial charge is 0.458 e. The van der Waals surface area contributed by atoms with Gasteiger partial charge in [0, 0.05) is 18.6 Å². The molecule has 0 aliphatic carbocycles. The molecule has 3 heteroatoms. The molecule has 0 aliphatic heterocycles. The molecular formula is C15H20O3. The Morgan fingerprint density at radius 1 is 1.33 bits per heavy atom. The first kappa shape index (κ1) is 13.1. The fourth-order valence-electron chi connectivity index (χ4n) is 2.01. The van der Waals surface area contributed by atoms with Gasteiger partial charge in [0.1, 0.15) is 17.4 Å². The van der Waals surface area contributed by atoms with Gasteiger partial charge in [0.15, 0.2) is 0 Å². The average molecular weight is 248 g/mol. The fourth-order valence-corrected chi connectivity index (χ4v) is 2.01. The molecule has 98 valence electrons. The molecule has 0 bridgehead atoms. The third-order valence-electron chi connectivity index (χ3n) is 2.99. The Morgan fingerprint density at radius 3 is 2.94 bits per heavy atom. The molecule has 1 atom stereocenters. The topological polar surface area (TPSA) is 42.6 Å². The summed E-state index contributed by atoms with van der Waals surface area (Å²) in [4.78, 5) is 0. The Kier molecular flexibility index (Phi) is 4.39. The predicted molar refractivity (Wildman–Crippen MR) is 71.6 cm³/mol. The van der Waals surface area contributed by atoms with Crippen LogP contribution in [0.1, 0.15) is 37.2 Å². The van der Waals surface area contributed by atoms with Gasteiger partial charge in [-0.2, -0.15) is 0 Å². The first-order valence-electron chi connectivity index (χ1n) is 6.46. The minimum atomic E-state index is -0.543. The molecule has 0 aliphatic rings. The molecule has 1 heterocycles. The Labute approximate surface area is 107 Å². The number of aliphatic hydroxyl groups is 1. The SMILES string of the molecule is CCOCCCC(O)c1cc2cc(C)ccc2o1. The zero-order valence-electron chi connectivity index (χ0n) is 11.0. The zero-order chi connectivity index (χ0) is 13.0. The van der Waals surface area contributed by atoms with Crippen molar-refractivity contribution in [1.82, 2.24) is 0 Å². The van der Waals surface area contributed by atoms with Crippen LogP contribution in [-0.2, 0) is 4.74 Å². The molecule has 1 aromatic heterocycles. The van der Waals surface area contributed by atoms with Crippen LogP contribution in [-0.4, -0.2) is 18.3 Å². The van der Waals surface area contributed by atoms with Crippen molar-refractivity contribution in [3.8, 4) is 0 Å². The molecule has 2 aromatic rings. The van der Waals surface area contributed by atoms with E-state index < -0.39 is 6.10 Å². The van der Waals surface area contributed by atoms with Crippen LogP contribution in [0.15, 0.2) is 28.7 Å². The van der Waals surface area contributed by atoms with Crippen molar-refractivity contribution in [1.29, 1.82) is 0 Å². The number of rotatable bonds is 6. The molecule has 1 aromatic carbocycles. The van der Waals surface area contributed by atoms with E-state index in [9.17, 15) is 5.11 Å². The summed E-state index contributed by atoms with van der Waals surface area (Å²) in [5, 5.41) is 11.1. The highest BCUT2D eigenvalue weighted by Gasteiger charge is 2.13. The van der Waals surface area contributed by atoms with Crippen LogP contribution in [0.4, 0.5) is 0 Å². The van der Waals surface area contributed by atoms with Crippen LogP contribution in [0.2, 0.25) is 0 Å². The second-order valence-electron chi connectivity index (χ2n) is 4.54. The van der Waals surface area contributed by atoms with E-state index in [0.717, 1.165) is 24.0 Å². The van der Waals surface area contributed by atoms with Gasteiger partial charge in [-0.25, -0.2) is 0 Å². The van der Waals surface area contributed by atoms with Gasteiger partial charge in [0.25, 0.3) is 0 Å². The van der Waals surface area contributed by atoms with Gasteiger partial charge >= 0.3 is 0 Å². The summed E-state index contributed by atoms with van der Waals surface area (Å²) in [5.74, 6) is 0.645. The van der Waals surface area contributed by atoms with Gasteiger partial charge in [0.2, 0.25) is 0 Å². The first-order chi connectivity index (χ1) is 8.70. The third kappa shape index (κ3) is 3.12. The maximum atomic E-state index is 10.0. The first-order valence-corrected chi connectivity index (χ1v) is 6.46. The van der Waals surface area contributed by atoms with Crippen molar-refractivity contribution in [2.45, 2.75) is 32.8 Å². The second-order valence-corrected chi connectivity index (χ2v) is 4.54. The number of hydrogen-bond acceptors (Lipinski definition) is 3. The highest BCUT2D eigenvalue weighted by Crippen LogP contribution is 2.27. The number of ether oxygens (including phenoxy) is 1. The normalized spacial score (nSPS) is 13.1. The van der Waals surface area contributed by atoms with Crippen molar-refractivity contribution in [2.75, 3.05) is 13.2 Å². The third-order valence-corrected chi connectivity index (χ3v) is 2.99. The number of aryl methyl sites for hydroxylation is 1. The molecule has 0 fully saturated rings. The lowest BCUT2D eigenvalue weighted by atomic mass is 10.1. The molecule has 2 rings (SSSR count). The molecule has 18 heavy (non-hydrogen) atoms. The van der Waals surface area contributed by atoms with Crippen molar-refractivity contribution in [2.24, 2.45) is 0 Å². The molecule has 0 saturated heterocycles. The van der Waals surface area contributed by atoms with Crippen LogP contribution in [0, 0.1) is 6.92 Å². The number of aliphatic hydroxyl groups excluding tert-OH is 1. The predicted octanol–water partition coefficient (Wildman–Crippen LogP) is 3.59. The summed E-state index contributed by atoms with van der Waals surface area (Å²) in [6, 6.07) is 7.95. The van der Waals surface area contributed by atoms with E-state index in [-0.39, 0.29) is 0 Å². The van der Waals surface area contributed by atoms with E-state index in [2.05, 4.69) is 6.07 Å². The van der Waals surface area contributed by atoms with Gasteiger partial charge in [0.05, 0.1) is 0 Å². The number of fused-ring (bicyclic) bond motifs is 1. The lowest BCUT2D eigenvalue weighted by Gasteiger charge is -2.06. The average Bonchev–Trinajstić information content (AvgIpc) is 2.77. The Morgan fingerprint density at radius 2 is 2.17 bits per heavy atom. The summed E-state index contributed by atoms with van der Waals surface area (Å²) >= 11 is 0. The highest BCUT2D eigenvalue weighted by molar-refractivity contribution is 5.78. The molecule has 3 nitrogen and oxygen atoms in total. The van der Waals surface area contributed by atoms with E-state index in [1.54, 1.807) is 0 Å². The number of furan rings is 1. The summed E-state index contributed by atoms with van der Waals surface area (Å²) in [5.41, 5.74) is 2.03. The van der Waals surface area contributed by atoms with E-state index in [1.807, 2.05) is 32.0 Å². The van der Waals surface area contributed by atoms with Crippen LogP contribution in [0.3, 0.4) is 0 Å². The summed E-state index contributed by atoms with van der Waals surface area (Å²) in [7, 11) is 0. The summed E-state index contributed by atoms with van der Waals surface area (Å²) < 4.78 is 10.9. The maximum Gasteiger partial charge on any atom is 0.134 e. The van der Waals surface area contributed by atoms with Gasteiger partial charge < -0.3 is 14.3 Å². The van der Waals surface area contributed by atoms with Crippen molar-refractivity contribution < 1.29 is 14.3 Å². The number of benzene rings is 1. The van der Waals surface area contributed by atoms with Crippen molar-refractivity contribution in [3.05, 3.63) is 35.6 Å². The maximum absolute atomic E-state index is 10.0. The van der Waals surface area contributed by atoms with Crippen LogP contribution in [0.25, 0.3) is 11.0 Å². The standard InChI is InChI=1S/C15H20O3/c1-3-17-8-4-5-13(16)15-10-12-9-11(2)6-7-14(12)18-15/h6-7,9-10,13,16H,3-5,8H2,1-2H3. The number of hydrogen-bond donors (Lipinski definition) is 1. The van der Waals surface area contributed by atoms with Gasteiger partial charge in [-0.3, -0.25) is 0 Å². The van der Waals surface area contributed by atoms with E-state index in [4.69, 9.17) is 9.15 Å². The molecule has 1 unspecified atom stereocenters. The minimum absolute atomic E-state index is 0.543. The van der Waals surface area contributed by atoms with Gasteiger partial charge in [-0.15, -0.1) is 0 Å². The van der Waals surface area contributed by atoms with E-state index in [1.165, 1.54) is 5.56 Å². The summed E-state index contributed by atoms with van der Waals surface area (Å²) in [6.07, 6.45) is 0.960. The highest BCUT2D eigenvalue weighted by atomic mass is 16.5. The zero-order valence-corrected chi connectivity index (χ0v) is 11.0.